The molecule has 0 radical (unpaired) electrons. The zero-order chi connectivity index (χ0) is 18.0. The van der Waals surface area contributed by atoms with Crippen LogP contribution < -0.4 is 5.32 Å². The summed E-state index contributed by atoms with van der Waals surface area (Å²) in [7, 11) is -3.44. The van der Waals surface area contributed by atoms with Gasteiger partial charge >= 0.3 is 6.03 Å². The summed E-state index contributed by atoms with van der Waals surface area (Å²) in [4.78, 5) is 14.9. The quantitative estimate of drug-likeness (QED) is 0.881. The van der Waals surface area contributed by atoms with E-state index in [1.54, 1.807) is 11.0 Å². The Morgan fingerprint density at radius 2 is 1.83 bits per heavy atom. The molecule has 136 valence electrons. The number of thiophene rings is 1. The van der Waals surface area contributed by atoms with Crippen molar-refractivity contribution in [1.29, 1.82) is 0 Å². The van der Waals surface area contributed by atoms with Crippen LogP contribution in [0.25, 0.3) is 0 Å². The molecule has 1 aliphatic rings. The Morgan fingerprint density at radius 3 is 2.33 bits per heavy atom. The molecule has 0 atom stereocenters. The number of nitrogens with zero attached hydrogens (tertiary/aromatic N) is 2. The predicted molar refractivity (Wildman–Crippen MR) is 96.9 cm³/mol. The van der Waals surface area contributed by atoms with Crippen molar-refractivity contribution >= 4 is 27.4 Å². The smallest absolute Gasteiger partial charge is 0.317 e. The monoisotopic (exact) mass is 373 g/mol. The van der Waals surface area contributed by atoms with Crippen molar-refractivity contribution in [2.45, 2.75) is 38.3 Å². The number of urea groups is 1. The molecule has 2 rings (SSSR count). The molecule has 0 spiro atoms. The molecule has 6 nitrogen and oxygen atoms in total. The molecule has 24 heavy (non-hydrogen) atoms. The lowest BCUT2D eigenvalue weighted by molar-refractivity contribution is 0.169. The van der Waals surface area contributed by atoms with E-state index in [-0.39, 0.29) is 11.4 Å². The van der Waals surface area contributed by atoms with Gasteiger partial charge < -0.3 is 10.2 Å². The summed E-state index contributed by atoms with van der Waals surface area (Å²) in [6.07, 6.45) is 0.835. The number of aryl methyl sites for hydroxylation is 1. The minimum absolute atomic E-state index is 0.0248. The van der Waals surface area contributed by atoms with E-state index >= 15 is 0 Å². The van der Waals surface area contributed by atoms with Gasteiger partial charge in [0.2, 0.25) is 0 Å². The summed E-state index contributed by atoms with van der Waals surface area (Å²) in [5, 5.41) is 2.91. The SMILES string of the molecule is CCc1ccc(S(=O)(=O)N2CCN(C(=O)NCC(C)(C)C)CC2)s1. The number of sulfonamides is 1. The maximum Gasteiger partial charge on any atom is 0.317 e. The van der Waals surface area contributed by atoms with Crippen molar-refractivity contribution in [1.82, 2.24) is 14.5 Å². The number of carbonyl (C=O) groups is 1. The zero-order valence-electron chi connectivity index (χ0n) is 14.8. The van der Waals surface area contributed by atoms with Crippen LogP contribution in [0.2, 0.25) is 0 Å². The van der Waals surface area contributed by atoms with E-state index in [1.165, 1.54) is 15.6 Å². The molecule has 0 unspecified atom stereocenters. The number of nitrogens with one attached hydrogen (secondary N) is 1. The molecule has 0 aromatic carbocycles. The topological polar surface area (TPSA) is 69.7 Å². The van der Waals surface area contributed by atoms with Crippen molar-refractivity contribution in [3.05, 3.63) is 17.0 Å². The average Bonchev–Trinajstić information content (AvgIpc) is 3.02. The third-order valence-electron chi connectivity index (χ3n) is 3.88. The highest BCUT2D eigenvalue weighted by Gasteiger charge is 2.31. The average molecular weight is 374 g/mol. The molecule has 1 saturated heterocycles. The number of carbonyl (C=O) groups excluding carboxylic acids is 1. The van der Waals surface area contributed by atoms with Gasteiger partial charge in [-0.1, -0.05) is 27.7 Å². The van der Waals surface area contributed by atoms with E-state index in [4.69, 9.17) is 0 Å². The summed E-state index contributed by atoms with van der Waals surface area (Å²) in [5.74, 6) is 0. The van der Waals surface area contributed by atoms with Crippen molar-refractivity contribution < 1.29 is 13.2 Å². The third kappa shape index (κ3) is 4.70. The molecule has 2 amide bonds. The van der Waals surface area contributed by atoms with Gasteiger partial charge in [0.05, 0.1) is 0 Å². The molecular weight excluding hydrogens is 346 g/mol. The lowest BCUT2D eigenvalue weighted by Gasteiger charge is -2.34. The molecule has 1 aromatic heterocycles. The maximum atomic E-state index is 12.7. The van der Waals surface area contributed by atoms with Gasteiger partial charge in [-0.2, -0.15) is 4.31 Å². The maximum absolute atomic E-state index is 12.7. The lowest BCUT2D eigenvalue weighted by atomic mass is 9.97. The Balaban J connectivity index is 1.93. The largest absolute Gasteiger partial charge is 0.337 e. The van der Waals surface area contributed by atoms with Crippen LogP contribution in [-0.2, 0) is 16.4 Å². The Labute approximate surface area is 148 Å². The van der Waals surface area contributed by atoms with Crippen LogP contribution in [0.1, 0.15) is 32.6 Å². The van der Waals surface area contributed by atoms with Crippen LogP contribution in [0.3, 0.4) is 0 Å². The number of piperazine rings is 1. The summed E-state index contributed by atoms with van der Waals surface area (Å²) in [5.41, 5.74) is 0.0248. The van der Waals surface area contributed by atoms with Crippen molar-refractivity contribution in [3.8, 4) is 0 Å². The highest BCUT2D eigenvalue weighted by Crippen LogP contribution is 2.26. The summed E-state index contributed by atoms with van der Waals surface area (Å²) in [6.45, 7) is 10.3. The normalized spacial score (nSPS) is 17.1. The van der Waals surface area contributed by atoms with Gasteiger partial charge in [-0.15, -0.1) is 11.3 Å². The Hall–Kier alpha value is -1.12. The van der Waals surface area contributed by atoms with Gasteiger partial charge in [0, 0.05) is 37.6 Å². The van der Waals surface area contributed by atoms with Gasteiger partial charge in [0.15, 0.2) is 0 Å². The van der Waals surface area contributed by atoms with Gasteiger partial charge in [0.25, 0.3) is 10.0 Å². The van der Waals surface area contributed by atoms with Crippen LogP contribution in [0.15, 0.2) is 16.3 Å². The molecule has 8 heteroatoms. The molecule has 1 fully saturated rings. The number of rotatable bonds is 4. The minimum Gasteiger partial charge on any atom is -0.337 e. The van der Waals surface area contributed by atoms with E-state index in [2.05, 4.69) is 26.1 Å². The number of hydrogen-bond donors (Lipinski definition) is 1. The van der Waals surface area contributed by atoms with Crippen molar-refractivity contribution in [2.24, 2.45) is 5.41 Å². The minimum atomic E-state index is -3.44. The molecule has 2 heterocycles. The Kier molecular flexibility index (Phi) is 5.93. The molecule has 1 aromatic rings. The lowest BCUT2D eigenvalue weighted by Crippen LogP contribution is -2.53. The highest BCUT2D eigenvalue weighted by molar-refractivity contribution is 7.91. The second kappa shape index (κ2) is 7.41. The van der Waals surface area contributed by atoms with Crippen LogP contribution in [0.4, 0.5) is 4.79 Å². The summed E-state index contributed by atoms with van der Waals surface area (Å²) >= 11 is 1.33. The second-order valence-corrected chi connectivity index (χ2v) is 10.5. The van der Waals surface area contributed by atoms with Gasteiger partial charge in [-0.25, -0.2) is 13.2 Å². The van der Waals surface area contributed by atoms with Gasteiger partial charge in [-0.05, 0) is 24.0 Å². The fourth-order valence-corrected chi connectivity index (χ4v) is 5.27. The van der Waals surface area contributed by atoms with Crippen LogP contribution in [-0.4, -0.2) is 56.4 Å². The van der Waals surface area contributed by atoms with Crippen LogP contribution in [0.5, 0.6) is 0 Å². The first kappa shape index (κ1) is 19.2. The van der Waals surface area contributed by atoms with Crippen molar-refractivity contribution in [2.75, 3.05) is 32.7 Å². The first-order valence-electron chi connectivity index (χ1n) is 8.25. The van der Waals surface area contributed by atoms with E-state index in [1.807, 2.05) is 13.0 Å². The van der Waals surface area contributed by atoms with Crippen molar-refractivity contribution in [3.63, 3.8) is 0 Å². The summed E-state index contributed by atoms with van der Waals surface area (Å²) < 4.78 is 27.2. The fourth-order valence-electron chi connectivity index (χ4n) is 2.40. The third-order valence-corrected chi connectivity index (χ3v) is 7.47. The zero-order valence-corrected chi connectivity index (χ0v) is 16.5. The molecule has 0 bridgehead atoms. The standard InChI is InChI=1S/C16H27N3O3S2/c1-5-13-6-7-14(23-13)24(21,22)19-10-8-18(9-11-19)15(20)17-12-16(2,3)4/h6-7H,5,8-12H2,1-4H3,(H,17,20). The molecular formula is C16H27N3O3S2. The second-order valence-electron chi connectivity index (χ2n) is 7.18. The van der Waals surface area contributed by atoms with Gasteiger partial charge in [0.1, 0.15) is 4.21 Å². The van der Waals surface area contributed by atoms with E-state index in [0.717, 1.165) is 11.3 Å². The highest BCUT2D eigenvalue weighted by atomic mass is 32.2. The van der Waals surface area contributed by atoms with Crippen LogP contribution >= 0.6 is 11.3 Å². The van der Waals surface area contributed by atoms with Gasteiger partial charge in [-0.3, -0.25) is 0 Å². The first-order chi connectivity index (χ1) is 11.1. The Bertz CT molecular complexity index is 669. The number of amides is 2. The fraction of sp³-hybridized carbons (Fsp3) is 0.688. The predicted octanol–water partition coefficient (Wildman–Crippen LogP) is 2.37. The van der Waals surface area contributed by atoms with E-state index in [0.29, 0.717) is 36.9 Å². The molecule has 0 aliphatic carbocycles. The molecule has 0 saturated carbocycles. The Morgan fingerprint density at radius 1 is 1.21 bits per heavy atom. The van der Waals surface area contributed by atoms with Crippen LogP contribution in [0, 0.1) is 5.41 Å². The number of hydrogen-bond acceptors (Lipinski definition) is 4. The summed E-state index contributed by atoms with van der Waals surface area (Å²) in [6, 6.07) is 3.43. The molecule has 1 aliphatic heterocycles. The molecule has 1 N–H and O–H groups in total. The van der Waals surface area contributed by atoms with E-state index in [9.17, 15) is 13.2 Å². The van der Waals surface area contributed by atoms with E-state index < -0.39 is 10.0 Å². The first-order valence-corrected chi connectivity index (χ1v) is 10.5.